The summed E-state index contributed by atoms with van der Waals surface area (Å²) < 4.78 is 11.7. The molecular weight excluding hydrogens is 402 g/mol. The largest absolute Gasteiger partial charge is 0.481 e. The number of hydrogen-bond donors (Lipinski definition) is 1. The Morgan fingerprint density at radius 2 is 1.53 bits per heavy atom. The number of aryl methyl sites for hydroxylation is 3. The number of hydrogen-bond acceptors (Lipinski definition) is 4. The third-order valence-corrected chi connectivity index (χ3v) is 5.24. The van der Waals surface area contributed by atoms with Crippen LogP contribution in [-0.4, -0.2) is 17.8 Å². The van der Waals surface area contributed by atoms with Gasteiger partial charge in [-0.2, -0.15) is 0 Å². The Labute approximate surface area is 187 Å². The number of ether oxygens (including phenoxy) is 1. The van der Waals surface area contributed by atoms with Crippen LogP contribution in [0.3, 0.4) is 0 Å². The molecule has 0 aliphatic heterocycles. The molecule has 1 heterocycles. The van der Waals surface area contributed by atoms with Crippen LogP contribution >= 0.6 is 0 Å². The molecule has 0 aliphatic rings. The first-order chi connectivity index (χ1) is 15.3. The van der Waals surface area contributed by atoms with Gasteiger partial charge in [-0.05, 0) is 63.1 Å². The van der Waals surface area contributed by atoms with E-state index in [1.165, 1.54) is 0 Å². The Balaban J connectivity index is 1.64. The molecule has 4 rings (SSSR count). The molecule has 1 atom stereocenters. The molecule has 0 bridgehead atoms. The number of carbonyl (C=O) groups excluding carboxylic acids is 2. The second kappa shape index (κ2) is 8.71. The molecule has 5 nitrogen and oxygen atoms in total. The zero-order valence-electron chi connectivity index (χ0n) is 18.6. The Bertz CT molecular complexity index is 1280. The van der Waals surface area contributed by atoms with E-state index in [2.05, 4.69) is 5.32 Å². The number of amides is 1. The van der Waals surface area contributed by atoms with E-state index >= 15 is 0 Å². The molecule has 0 fully saturated rings. The summed E-state index contributed by atoms with van der Waals surface area (Å²) >= 11 is 0. The van der Waals surface area contributed by atoms with E-state index in [0.717, 1.165) is 16.7 Å². The van der Waals surface area contributed by atoms with Crippen LogP contribution in [0.4, 0.5) is 5.69 Å². The minimum Gasteiger partial charge on any atom is -0.481 e. The van der Waals surface area contributed by atoms with Gasteiger partial charge in [0.05, 0.1) is 5.69 Å². The fraction of sp³-hybridized carbons (Fsp3) is 0.185. The SMILES string of the molecule is Cc1ccc(C(=O)c2oc3ccccc3c2NC(=O)[C@@H](C)Oc2cc(C)cc(C)c2)cc1. The quantitative estimate of drug-likeness (QED) is 0.384. The van der Waals surface area contributed by atoms with Gasteiger partial charge in [0, 0.05) is 10.9 Å². The Hall–Kier alpha value is -3.86. The van der Waals surface area contributed by atoms with Crippen molar-refractivity contribution in [2.45, 2.75) is 33.8 Å². The summed E-state index contributed by atoms with van der Waals surface area (Å²) in [4.78, 5) is 26.2. The van der Waals surface area contributed by atoms with Gasteiger partial charge in [0.1, 0.15) is 11.3 Å². The Morgan fingerprint density at radius 1 is 0.875 bits per heavy atom. The van der Waals surface area contributed by atoms with E-state index in [9.17, 15) is 9.59 Å². The van der Waals surface area contributed by atoms with Crippen LogP contribution in [0, 0.1) is 20.8 Å². The number of anilines is 1. The van der Waals surface area contributed by atoms with Gasteiger partial charge in [-0.15, -0.1) is 0 Å². The number of ketones is 1. The summed E-state index contributed by atoms with van der Waals surface area (Å²) in [7, 11) is 0. The molecule has 0 saturated carbocycles. The Morgan fingerprint density at radius 3 is 2.22 bits per heavy atom. The zero-order chi connectivity index (χ0) is 22.8. The third kappa shape index (κ3) is 4.42. The van der Waals surface area contributed by atoms with E-state index in [1.54, 1.807) is 25.1 Å². The summed E-state index contributed by atoms with van der Waals surface area (Å²) in [6.45, 7) is 7.59. The van der Waals surface area contributed by atoms with Crippen molar-refractivity contribution in [3.63, 3.8) is 0 Å². The van der Waals surface area contributed by atoms with Crippen LogP contribution in [0.25, 0.3) is 11.0 Å². The molecule has 4 aromatic rings. The van der Waals surface area contributed by atoms with Gasteiger partial charge in [-0.3, -0.25) is 9.59 Å². The summed E-state index contributed by atoms with van der Waals surface area (Å²) in [6.07, 6.45) is -0.771. The summed E-state index contributed by atoms with van der Waals surface area (Å²) in [5.41, 5.74) is 4.54. The monoisotopic (exact) mass is 427 g/mol. The molecule has 3 aromatic carbocycles. The van der Waals surface area contributed by atoms with Crippen molar-refractivity contribution in [2.24, 2.45) is 0 Å². The van der Waals surface area contributed by atoms with E-state index in [4.69, 9.17) is 9.15 Å². The first kappa shape index (κ1) is 21.4. The molecule has 32 heavy (non-hydrogen) atoms. The molecule has 1 aromatic heterocycles. The van der Waals surface area contributed by atoms with Crippen LogP contribution in [-0.2, 0) is 4.79 Å². The highest BCUT2D eigenvalue weighted by Gasteiger charge is 2.25. The van der Waals surface area contributed by atoms with Crippen molar-refractivity contribution >= 4 is 28.3 Å². The van der Waals surface area contributed by atoms with Crippen molar-refractivity contribution in [1.82, 2.24) is 0 Å². The average Bonchev–Trinajstić information content (AvgIpc) is 3.11. The van der Waals surface area contributed by atoms with E-state index < -0.39 is 6.10 Å². The maximum atomic E-state index is 13.2. The number of furan rings is 1. The normalized spacial score (nSPS) is 11.9. The first-order valence-electron chi connectivity index (χ1n) is 10.5. The number of fused-ring (bicyclic) bond motifs is 1. The molecule has 0 saturated heterocycles. The van der Waals surface area contributed by atoms with E-state index in [-0.39, 0.29) is 17.5 Å². The van der Waals surface area contributed by atoms with Crippen molar-refractivity contribution in [1.29, 1.82) is 0 Å². The minimum absolute atomic E-state index is 0.0991. The fourth-order valence-electron chi connectivity index (χ4n) is 3.65. The number of carbonyl (C=O) groups is 2. The van der Waals surface area contributed by atoms with E-state index in [1.807, 2.05) is 69.3 Å². The van der Waals surface area contributed by atoms with Crippen LogP contribution < -0.4 is 10.1 Å². The number of rotatable bonds is 6. The van der Waals surface area contributed by atoms with Crippen molar-refractivity contribution in [3.8, 4) is 5.75 Å². The molecule has 1 amide bonds. The predicted octanol–water partition coefficient (Wildman–Crippen LogP) is 6.00. The van der Waals surface area contributed by atoms with Gasteiger partial charge >= 0.3 is 0 Å². The van der Waals surface area contributed by atoms with Gasteiger partial charge < -0.3 is 14.5 Å². The van der Waals surface area contributed by atoms with Gasteiger partial charge in [0.2, 0.25) is 5.78 Å². The second-order valence-electron chi connectivity index (χ2n) is 8.07. The lowest BCUT2D eigenvalue weighted by molar-refractivity contribution is -0.122. The van der Waals surface area contributed by atoms with Crippen molar-refractivity contribution < 1.29 is 18.7 Å². The molecule has 5 heteroatoms. The second-order valence-corrected chi connectivity index (χ2v) is 8.07. The molecule has 0 spiro atoms. The first-order valence-corrected chi connectivity index (χ1v) is 10.5. The fourth-order valence-corrected chi connectivity index (χ4v) is 3.65. The summed E-state index contributed by atoms with van der Waals surface area (Å²) in [5.74, 6) is 0.0632. The van der Waals surface area contributed by atoms with Crippen LogP contribution in [0.15, 0.2) is 71.1 Å². The lowest BCUT2D eigenvalue weighted by atomic mass is 10.1. The highest BCUT2D eigenvalue weighted by atomic mass is 16.5. The lowest BCUT2D eigenvalue weighted by Gasteiger charge is -2.16. The smallest absolute Gasteiger partial charge is 0.265 e. The number of nitrogens with one attached hydrogen (secondary N) is 1. The molecule has 0 aliphatic carbocycles. The van der Waals surface area contributed by atoms with Gasteiger partial charge in [-0.1, -0.05) is 48.0 Å². The molecular formula is C27H25NO4. The van der Waals surface area contributed by atoms with Gasteiger partial charge in [0.15, 0.2) is 11.9 Å². The molecule has 0 unspecified atom stereocenters. The van der Waals surface area contributed by atoms with Crippen molar-refractivity contribution in [2.75, 3.05) is 5.32 Å². The maximum absolute atomic E-state index is 13.2. The topological polar surface area (TPSA) is 68.5 Å². The average molecular weight is 428 g/mol. The van der Waals surface area contributed by atoms with E-state index in [0.29, 0.717) is 28.0 Å². The van der Waals surface area contributed by atoms with Gasteiger partial charge in [0.25, 0.3) is 5.91 Å². The van der Waals surface area contributed by atoms with Crippen LogP contribution in [0.1, 0.15) is 39.7 Å². The summed E-state index contributed by atoms with van der Waals surface area (Å²) in [6, 6.07) is 20.3. The highest BCUT2D eigenvalue weighted by molar-refractivity contribution is 6.17. The van der Waals surface area contributed by atoms with Crippen molar-refractivity contribution in [3.05, 3.63) is 94.7 Å². The lowest BCUT2D eigenvalue weighted by Crippen LogP contribution is -2.30. The maximum Gasteiger partial charge on any atom is 0.265 e. The Kier molecular flexibility index (Phi) is 5.82. The van der Waals surface area contributed by atoms with Crippen LogP contribution in [0.2, 0.25) is 0 Å². The standard InChI is InChI=1S/C27H25NO4/c1-16-9-11-20(12-10-16)25(29)26-24(22-7-5-6-8-23(22)32-26)28-27(30)19(4)31-21-14-17(2)13-18(3)15-21/h5-15,19H,1-4H3,(H,28,30)/t19-/m1/s1. The summed E-state index contributed by atoms with van der Waals surface area (Å²) in [5, 5.41) is 3.53. The van der Waals surface area contributed by atoms with Crippen LogP contribution in [0.5, 0.6) is 5.75 Å². The number of para-hydroxylation sites is 1. The molecule has 0 radical (unpaired) electrons. The van der Waals surface area contributed by atoms with Gasteiger partial charge in [-0.25, -0.2) is 0 Å². The highest BCUT2D eigenvalue weighted by Crippen LogP contribution is 2.33. The number of benzene rings is 3. The zero-order valence-corrected chi connectivity index (χ0v) is 18.6. The predicted molar refractivity (Wildman–Crippen MR) is 125 cm³/mol. The molecule has 1 N–H and O–H groups in total. The minimum atomic E-state index is -0.771. The third-order valence-electron chi connectivity index (χ3n) is 5.24. The molecule has 162 valence electrons.